The Bertz CT molecular complexity index is 403. The topological polar surface area (TPSA) is 46.2 Å². The summed E-state index contributed by atoms with van der Waals surface area (Å²) in [7, 11) is -3.40. The predicted molar refractivity (Wildman–Crippen MR) is 54.1 cm³/mol. The average Bonchev–Trinajstić information content (AvgIpc) is 2.08. The van der Waals surface area contributed by atoms with E-state index >= 15 is 0 Å². The van der Waals surface area contributed by atoms with E-state index in [2.05, 4.69) is 4.72 Å². The summed E-state index contributed by atoms with van der Waals surface area (Å²) in [6.45, 7) is 1.75. The van der Waals surface area contributed by atoms with E-state index in [4.69, 9.17) is 0 Å². The number of halogens is 1. The van der Waals surface area contributed by atoms with Crippen molar-refractivity contribution in [1.29, 1.82) is 0 Å². The van der Waals surface area contributed by atoms with Crippen LogP contribution in [0.3, 0.4) is 0 Å². The van der Waals surface area contributed by atoms with E-state index in [0.29, 0.717) is 6.42 Å². The summed E-state index contributed by atoms with van der Waals surface area (Å²) in [6, 6.07) is 5.69. The van der Waals surface area contributed by atoms with Gasteiger partial charge in [-0.25, -0.2) is 12.8 Å². The lowest BCUT2D eigenvalue weighted by Gasteiger charge is -2.06. The van der Waals surface area contributed by atoms with Gasteiger partial charge in [-0.1, -0.05) is 19.1 Å². The maximum Gasteiger partial charge on any atom is 0.232 e. The number of nitrogens with one attached hydrogen (secondary N) is 1. The number of hydrogen-bond acceptors (Lipinski definition) is 2. The molecular weight excluding hydrogens is 205 g/mol. The third kappa shape index (κ3) is 2.99. The highest BCUT2D eigenvalue weighted by Gasteiger charge is 2.10. The number of sulfonamides is 1. The van der Waals surface area contributed by atoms with Crippen LogP contribution in [0.1, 0.15) is 13.3 Å². The van der Waals surface area contributed by atoms with E-state index in [0.717, 1.165) is 0 Å². The molecule has 0 radical (unpaired) electrons. The minimum Gasteiger partial charge on any atom is -0.281 e. The smallest absolute Gasteiger partial charge is 0.232 e. The second-order valence-electron chi connectivity index (χ2n) is 2.90. The highest BCUT2D eigenvalue weighted by Crippen LogP contribution is 2.14. The maximum absolute atomic E-state index is 13.0. The predicted octanol–water partition coefficient (Wildman–Crippen LogP) is 1.98. The molecule has 1 N–H and O–H groups in total. The van der Waals surface area contributed by atoms with Crippen molar-refractivity contribution in [1.82, 2.24) is 0 Å². The zero-order valence-corrected chi connectivity index (χ0v) is 8.64. The average molecular weight is 217 g/mol. The van der Waals surface area contributed by atoms with Gasteiger partial charge < -0.3 is 0 Å². The van der Waals surface area contributed by atoms with Gasteiger partial charge >= 0.3 is 0 Å². The van der Waals surface area contributed by atoms with Crippen LogP contribution in [0.25, 0.3) is 0 Å². The van der Waals surface area contributed by atoms with Crippen molar-refractivity contribution in [2.75, 3.05) is 10.5 Å². The molecule has 5 heteroatoms. The monoisotopic (exact) mass is 217 g/mol. The fraction of sp³-hybridized carbons (Fsp3) is 0.333. The van der Waals surface area contributed by atoms with Crippen molar-refractivity contribution in [2.45, 2.75) is 13.3 Å². The summed E-state index contributed by atoms with van der Waals surface area (Å²) < 4.78 is 37.8. The summed E-state index contributed by atoms with van der Waals surface area (Å²) in [5.74, 6) is -0.561. The highest BCUT2D eigenvalue weighted by atomic mass is 32.2. The largest absolute Gasteiger partial charge is 0.281 e. The van der Waals surface area contributed by atoms with Gasteiger partial charge in [0.2, 0.25) is 10.0 Å². The number of anilines is 1. The minimum atomic E-state index is -3.40. The Kier molecular flexibility index (Phi) is 3.46. The fourth-order valence-electron chi connectivity index (χ4n) is 1.03. The van der Waals surface area contributed by atoms with Gasteiger partial charge in [0.15, 0.2) is 0 Å². The van der Waals surface area contributed by atoms with E-state index in [1.807, 2.05) is 0 Å². The Balaban J connectivity index is 2.84. The van der Waals surface area contributed by atoms with Gasteiger partial charge in [0, 0.05) is 0 Å². The molecule has 0 aliphatic carbocycles. The molecule has 0 spiro atoms. The SMILES string of the molecule is CCCS(=O)(=O)Nc1ccccc1F. The third-order valence-corrected chi connectivity index (χ3v) is 3.09. The van der Waals surface area contributed by atoms with E-state index in [1.54, 1.807) is 13.0 Å². The molecule has 0 saturated carbocycles. The number of para-hydroxylation sites is 1. The first-order valence-electron chi connectivity index (χ1n) is 4.30. The molecule has 0 saturated heterocycles. The normalized spacial score (nSPS) is 11.3. The molecule has 0 heterocycles. The summed E-state index contributed by atoms with van der Waals surface area (Å²) in [6.07, 6.45) is 0.504. The molecule has 78 valence electrons. The summed E-state index contributed by atoms with van der Waals surface area (Å²) in [5, 5.41) is 0. The second-order valence-corrected chi connectivity index (χ2v) is 4.74. The molecule has 0 unspecified atom stereocenters. The van der Waals surface area contributed by atoms with Gasteiger partial charge in [-0.15, -0.1) is 0 Å². The fourth-order valence-corrected chi connectivity index (χ4v) is 2.17. The summed E-state index contributed by atoms with van der Waals surface area (Å²) in [5.41, 5.74) is 0.000880. The van der Waals surface area contributed by atoms with Crippen LogP contribution in [-0.2, 0) is 10.0 Å². The molecule has 0 fully saturated rings. The van der Waals surface area contributed by atoms with Crippen LogP contribution in [-0.4, -0.2) is 14.2 Å². The van der Waals surface area contributed by atoms with Gasteiger partial charge in [-0.3, -0.25) is 4.72 Å². The third-order valence-electron chi connectivity index (χ3n) is 1.61. The van der Waals surface area contributed by atoms with Gasteiger partial charge in [-0.05, 0) is 18.6 Å². The lowest BCUT2D eigenvalue weighted by Crippen LogP contribution is -2.16. The Morgan fingerprint density at radius 1 is 1.36 bits per heavy atom. The first-order valence-corrected chi connectivity index (χ1v) is 5.95. The highest BCUT2D eigenvalue weighted by molar-refractivity contribution is 7.92. The van der Waals surface area contributed by atoms with Gasteiger partial charge in [0.25, 0.3) is 0 Å². The van der Waals surface area contributed by atoms with Crippen molar-refractivity contribution in [3.8, 4) is 0 Å². The number of rotatable bonds is 4. The summed E-state index contributed by atoms with van der Waals surface area (Å²) >= 11 is 0. The van der Waals surface area contributed by atoms with Crippen LogP contribution in [0.15, 0.2) is 24.3 Å². The molecule has 1 aromatic rings. The quantitative estimate of drug-likeness (QED) is 0.838. The maximum atomic E-state index is 13.0. The molecule has 0 bridgehead atoms. The molecule has 0 amide bonds. The molecule has 1 rings (SSSR count). The van der Waals surface area contributed by atoms with Crippen LogP contribution < -0.4 is 4.72 Å². The van der Waals surface area contributed by atoms with Crippen molar-refractivity contribution >= 4 is 15.7 Å². The van der Waals surface area contributed by atoms with Crippen molar-refractivity contribution in [3.05, 3.63) is 30.1 Å². The first kappa shape index (κ1) is 11.0. The standard InChI is InChI=1S/C9H12FNO2S/c1-2-7-14(12,13)11-9-6-4-3-5-8(9)10/h3-6,11H,2,7H2,1H3. The number of hydrogen-bond donors (Lipinski definition) is 1. The molecule has 1 aromatic carbocycles. The van der Waals surface area contributed by atoms with Crippen molar-refractivity contribution in [2.24, 2.45) is 0 Å². The van der Waals surface area contributed by atoms with Crippen LogP contribution in [0.5, 0.6) is 0 Å². The Hall–Kier alpha value is -1.10. The van der Waals surface area contributed by atoms with E-state index in [9.17, 15) is 12.8 Å². The van der Waals surface area contributed by atoms with Gasteiger partial charge in [0.1, 0.15) is 5.82 Å². The Labute approximate surface area is 83.0 Å². The molecule has 14 heavy (non-hydrogen) atoms. The van der Waals surface area contributed by atoms with E-state index < -0.39 is 15.8 Å². The summed E-state index contributed by atoms with van der Waals surface area (Å²) in [4.78, 5) is 0. The zero-order valence-electron chi connectivity index (χ0n) is 7.83. The molecule has 0 aliphatic rings. The molecular formula is C9H12FNO2S. The van der Waals surface area contributed by atoms with Crippen LogP contribution in [0.4, 0.5) is 10.1 Å². The molecule has 0 aromatic heterocycles. The van der Waals surface area contributed by atoms with Crippen molar-refractivity contribution in [3.63, 3.8) is 0 Å². The van der Waals surface area contributed by atoms with E-state index in [1.165, 1.54) is 18.2 Å². The molecule has 3 nitrogen and oxygen atoms in total. The van der Waals surface area contributed by atoms with Gasteiger partial charge in [0.05, 0.1) is 11.4 Å². The van der Waals surface area contributed by atoms with Crippen LogP contribution in [0, 0.1) is 5.82 Å². The number of benzene rings is 1. The van der Waals surface area contributed by atoms with E-state index in [-0.39, 0.29) is 11.4 Å². The van der Waals surface area contributed by atoms with Crippen molar-refractivity contribution < 1.29 is 12.8 Å². The zero-order chi connectivity index (χ0) is 10.6. The lowest BCUT2D eigenvalue weighted by atomic mass is 10.3. The van der Waals surface area contributed by atoms with Gasteiger partial charge in [-0.2, -0.15) is 0 Å². The Morgan fingerprint density at radius 3 is 2.57 bits per heavy atom. The molecule has 0 aliphatic heterocycles. The van der Waals surface area contributed by atoms with Crippen LogP contribution in [0.2, 0.25) is 0 Å². The lowest BCUT2D eigenvalue weighted by molar-refractivity contribution is 0.597. The molecule has 0 atom stereocenters. The minimum absolute atomic E-state index is 0.000880. The first-order chi connectivity index (χ1) is 6.55. The second kappa shape index (κ2) is 4.41. The van der Waals surface area contributed by atoms with Crippen LogP contribution >= 0.6 is 0 Å². The Morgan fingerprint density at radius 2 is 2.00 bits per heavy atom.